The van der Waals surface area contributed by atoms with Crippen LogP contribution in [0.15, 0.2) is 48.1 Å². The molecule has 84 valence electrons. The zero-order valence-electron chi connectivity index (χ0n) is 9.54. The lowest BCUT2D eigenvalue weighted by Crippen LogP contribution is -2.24. The Morgan fingerprint density at radius 1 is 1.06 bits per heavy atom. The van der Waals surface area contributed by atoms with Gasteiger partial charge >= 0.3 is 0 Å². The molecule has 5 atom stereocenters. The minimum Gasteiger partial charge on any atom is -0.362 e. The second-order valence-electron chi connectivity index (χ2n) is 5.68. The summed E-state index contributed by atoms with van der Waals surface area (Å²) in [6, 6.07) is 9.00. The third-order valence-electron chi connectivity index (χ3n) is 4.98. The summed E-state index contributed by atoms with van der Waals surface area (Å²) < 4.78 is 6.01. The van der Waals surface area contributed by atoms with Gasteiger partial charge < -0.3 is 4.74 Å². The summed E-state index contributed by atoms with van der Waals surface area (Å²) in [5.41, 5.74) is 4.71. The minimum absolute atomic E-state index is 0.296. The molecule has 2 heterocycles. The van der Waals surface area contributed by atoms with Crippen LogP contribution in [0.1, 0.15) is 29.4 Å². The molecule has 1 aromatic carbocycles. The van der Waals surface area contributed by atoms with Crippen LogP contribution in [0.25, 0.3) is 0 Å². The van der Waals surface area contributed by atoms with Crippen molar-refractivity contribution in [2.24, 2.45) is 5.92 Å². The number of rotatable bonds is 0. The van der Waals surface area contributed by atoms with Gasteiger partial charge in [-0.15, -0.1) is 0 Å². The van der Waals surface area contributed by atoms with Crippen LogP contribution in [0, 0.1) is 5.92 Å². The van der Waals surface area contributed by atoms with Crippen LogP contribution in [0.3, 0.4) is 0 Å². The second-order valence-corrected chi connectivity index (χ2v) is 5.68. The topological polar surface area (TPSA) is 9.23 Å². The Labute approximate surface area is 101 Å². The number of ether oxygens (including phenoxy) is 1. The molecular weight excluding hydrogens is 208 g/mol. The zero-order valence-corrected chi connectivity index (χ0v) is 9.54. The Morgan fingerprint density at radius 3 is 2.88 bits per heavy atom. The summed E-state index contributed by atoms with van der Waals surface area (Å²) in [7, 11) is 0. The molecule has 5 rings (SSSR count). The van der Waals surface area contributed by atoms with Gasteiger partial charge in [0.05, 0.1) is 12.2 Å². The van der Waals surface area contributed by atoms with Crippen molar-refractivity contribution in [2.45, 2.75) is 30.5 Å². The Hall–Kier alpha value is -1.34. The van der Waals surface area contributed by atoms with E-state index in [-0.39, 0.29) is 0 Å². The number of hydrogen-bond donors (Lipinski definition) is 0. The molecule has 1 aromatic rings. The van der Waals surface area contributed by atoms with Gasteiger partial charge in [0.1, 0.15) is 0 Å². The molecule has 0 radical (unpaired) electrons. The number of benzene rings is 1. The summed E-state index contributed by atoms with van der Waals surface area (Å²) in [5.74, 6) is 1.99. The van der Waals surface area contributed by atoms with Crippen LogP contribution >= 0.6 is 0 Å². The van der Waals surface area contributed by atoms with Crippen LogP contribution in [-0.2, 0) is 4.74 Å². The van der Waals surface area contributed by atoms with E-state index in [9.17, 15) is 0 Å². The first-order valence-corrected chi connectivity index (χ1v) is 6.56. The maximum Gasteiger partial charge on any atom is 0.0980 e. The van der Waals surface area contributed by atoms with Gasteiger partial charge in [0.25, 0.3) is 0 Å². The van der Waals surface area contributed by atoms with Gasteiger partial charge in [0, 0.05) is 11.8 Å². The smallest absolute Gasteiger partial charge is 0.0980 e. The molecule has 0 N–H and O–H groups in total. The third-order valence-corrected chi connectivity index (χ3v) is 4.98. The molecule has 0 aromatic heterocycles. The predicted molar refractivity (Wildman–Crippen MR) is 65.9 cm³/mol. The average Bonchev–Trinajstić information content (AvgIpc) is 3.05. The van der Waals surface area contributed by atoms with Gasteiger partial charge in [0.15, 0.2) is 0 Å². The van der Waals surface area contributed by atoms with Crippen molar-refractivity contribution in [3.05, 3.63) is 59.2 Å². The molecule has 1 saturated heterocycles. The normalized spacial score (nSPS) is 43.5. The van der Waals surface area contributed by atoms with E-state index in [4.69, 9.17) is 4.74 Å². The van der Waals surface area contributed by atoms with E-state index in [1.165, 1.54) is 6.42 Å². The molecule has 17 heavy (non-hydrogen) atoms. The van der Waals surface area contributed by atoms with Crippen molar-refractivity contribution in [1.82, 2.24) is 0 Å². The maximum absolute atomic E-state index is 6.01. The molecule has 2 aliphatic heterocycles. The highest BCUT2D eigenvalue weighted by molar-refractivity contribution is 5.50. The van der Waals surface area contributed by atoms with E-state index in [2.05, 4.69) is 42.5 Å². The van der Waals surface area contributed by atoms with E-state index in [0.29, 0.717) is 30.0 Å². The van der Waals surface area contributed by atoms with Crippen molar-refractivity contribution >= 4 is 0 Å². The molecule has 0 spiro atoms. The van der Waals surface area contributed by atoms with Crippen LogP contribution in [-0.4, -0.2) is 12.2 Å². The Kier molecular flexibility index (Phi) is 1.40. The number of fused-ring (bicyclic) bond motifs is 11. The molecular formula is C16H14O. The van der Waals surface area contributed by atoms with Gasteiger partial charge in [-0.1, -0.05) is 42.5 Å². The van der Waals surface area contributed by atoms with E-state index in [1.54, 1.807) is 16.7 Å². The van der Waals surface area contributed by atoms with Gasteiger partial charge in [-0.25, -0.2) is 0 Å². The second kappa shape index (κ2) is 2.73. The summed E-state index contributed by atoms with van der Waals surface area (Å²) in [6.45, 7) is 0. The molecule has 1 nitrogen and oxygen atoms in total. The van der Waals surface area contributed by atoms with Crippen molar-refractivity contribution in [2.75, 3.05) is 0 Å². The quantitative estimate of drug-likeness (QED) is 0.613. The molecule has 4 bridgehead atoms. The van der Waals surface area contributed by atoms with Crippen LogP contribution < -0.4 is 0 Å². The standard InChI is InChI=1S/C16H14O/c1-2-4-11-10(3-1)9-7-12(11)16-13(8-9)14-5-6-15(16)17-14/h1-6,8-9,12,14-16H,7H2/t9-,12-,14+,15+,16-/m0/s1. The largest absolute Gasteiger partial charge is 0.362 e. The fraction of sp³-hybridized carbons (Fsp3) is 0.375. The van der Waals surface area contributed by atoms with Crippen molar-refractivity contribution in [3.8, 4) is 0 Å². The Balaban J connectivity index is 1.74. The minimum atomic E-state index is 0.296. The first-order chi connectivity index (χ1) is 8.42. The number of hydrogen-bond acceptors (Lipinski definition) is 1. The van der Waals surface area contributed by atoms with E-state index in [1.807, 2.05) is 0 Å². The van der Waals surface area contributed by atoms with Gasteiger partial charge in [-0.05, 0) is 29.0 Å². The van der Waals surface area contributed by atoms with Crippen molar-refractivity contribution in [1.29, 1.82) is 0 Å². The van der Waals surface area contributed by atoms with Crippen LogP contribution in [0.4, 0.5) is 0 Å². The van der Waals surface area contributed by atoms with Crippen molar-refractivity contribution in [3.63, 3.8) is 0 Å². The molecule has 0 amide bonds. The molecule has 1 fully saturated rings. The molecule has 1 heteroatoms. The van der Waals surface area contributed by atoms with E-state index in [0.717, 1.165) is 0 Å². The SMILES string of the molecule is C1=C[C@H]2O[C@H]1C1=C[C@@H]3C[C@@H](c4ccccc43)[C@@H]12. The molecule has 2 aliphatic carbocycles. The molecule has 0 saturated carbocycles. The van der Waals surface area contributed by atoms with Gasteiger partial charge in [0.2, 0.25) is 0 Å². The lowest BCUT2D eigenvalue weighted by Gasteiger charge is -2.29. The lowest BCUT2D eigenvalue weighted by molar-refractivity contribution is 0.106. The predicted octanol–water partition coefficient (Wildman–Crippen LogP) is 3.15. The fourth-order valence-corrected chi connectivity index (χ4v) is 4.35. The van der Waals surface area contributed by atoms with E-state index >= 15 is 0 Å². The Bertz CT molecular complexity index is 569. The van der Waals surface area contributed by atoms with E-state index < -0.39 is 0 Å². The molecule has 4 aliphatic rings. The average molecular weight is 222 g/mol. The van der Waals surface area contributed by atoms with Crippen LogP contribution in [0.2, 0.25) is 0 Å². The summed E-state index contributed by atoms with van der Waals surface area (Å²) in [4.78, 5) is 0. The lowest BCUT2D eigenvalue weighted by atomic mass is 9.73. The third kappa shape index (κ3) is 0.916. The highest BCUT2D eigenvalue weighted by Gasteiger charge is 2.51. The summed E-state index contributed by atoms with van der Waals surface area (Å²) in [5, 5.41) is 0. The van der Waals surface area contributed by atoms with Gasteiger partial charge in [-0.3, -0.25) is 0 Å². The maximum atomic E-state index is 6.01. The zero-order chi connectivity index (χ0) is 11.0. The highest BCUT2D eigenvalue weighted by Crippen LogP contribution is 2.58. The van der Waals surface area contributed by atoms with Crippen LogP contribution in [0.5, 0.6) is 0 Å². The summed E-state index contributed by atoms with van der Waals surface area (Å²) >= 11 is 0. The molecule has 0 unspecified atom stereocenters. The first kappa shape index (κ1) is 8.71. The highest BCUT2D eigenvalue weighted by atomic mass is 16.5. The first-order valence-electron chi connectivity index (χ1n) is 6.56. The number of allylic oxidation sites excluding steroid dienone is 1. The summed E-state index contributed by atoms with van der Waals surface area (Å²) in [6.07, 6.45) is 8.96. The fourth-order valence-electron chi connectivity index (χ4n) is 4.35. The van der Waals surface area contributed by atoms with Crippen molar-refractivity contribution < 1.29 is 4.74 Å². The van der Waals surface area contributed by atoms with Gasteiger partial charge in [-0.2, -0.15) is 0 Å². The monoisotopic (exact) mass is 222 g/mol. The Morgan fingerprint density at radius 2 is 1.94 bits per heavy atom.